The average Bonchev–Trinajstić information content (AvgIpc) is 3.21. The zero-order chi connectivity index (χ0) is 18.1. The molecule has 2 atom stereocenters. The number of nitrogens with one attached hydrogen (secondary N) is 2. The highest BCUT2D eigenvalue weighted by Crippen LogP contribution is 2.24. The van der Waals surface area contributed by atoms with Crippen molar-refractivity contribution >= 4 is 16.8 Å². The van der Waals surface area contributed by atoms with Gasteiger partial charge in [-0.25, -0.2) is 4.39 Å². The van der Waals surface area contributed by atoms with E-state index in [9.17, 15) is 9.18 Å². The number of H-pyrrole nitrogens is 1. The molecule has 1 aromatic carbocycles. The maximum atomic E-state index is 13.6. The number of likely N-dealkylation sites (tertiary alicyclic amines) is 1. The zero-order valence-electron chi connectivity index (χ0n) is 15.2. The van der Waals surface area contributed by atoms with Crippen LogP contribution in [0.5, 0.6) is 0 Å². The second-order valence-electron chi connectivity index (χ2n) is 7.47. The lowest BCUT2D eigenvalue weighted by Crippen LogP contribution is -2.52. The molecular formula is C20H26FN3O2. The van der Waals surface area contributed by atoms with Crippen molar-refractivity contribution in [2.24, 2.45) is 0 Å². The predicted octanol–water partition coefficient (Wildman–Crippen LogP) is 2.53. The zero-order valence-corrected chi connectivity index (χ0v) is 15.2. The number of fused-ring (bicyclic) bond motifs is 1. The summed E-state index contributed by atoms with van der Waals surface area (Å²) in [4.78, 5) is 18.4. The molecule has 3 heterocycles. The number of aromatic nitrogens is 1. The first-order valence-electron chi connectivity index (χ1n) is 9.49. The standard InChI is InChI=1S/C20H26FN3O2/c1-13-15(16-9-14(21)5-6-17(16)22-13)10-20(25)23-18-11-26-12-19(18)24-7-3-2-4-8-24/h5-6,9,18-19,22H,2-4,7-8,10-12H2,1H3,(H,23,25)/t18-,19-/m0/s1. The minimum absolute atomic E-state index is 0.0304. The van der Waals surface area contributed by atoms with E-state index in [-0.39, 0.29) is 30.2 Å². The minimum atomic E-state index is -0.285. The van der Waals surface area contributed by atoms with Crippen molar-refractivity contribution in [2.75, 3.05) is 26.3 Å². The van der Waals surface area contributed by atoms with Gasteiger partial charge in [0.25, 0.3) is 0 Å². The molecule has 5 nitrogen and oxygen atoms in total. The fourth-order valence-corrected chi connectivity index (χ4v) is 4.29. The second-order valence-corrected chi connectivity index (χ2v) is 7.47. The summed E-state index contributed by atoms with van der Waals surface area (Å²) in [6.07, 6.45) is 3.98. The van der Waals surface area contributed by atoms with Crippen molar-refractivity contribution in [1.82, 2.24) is 15.2 Å². The van der Waals surface area contributed by atoms with Crippen LogP contribution in [0.25, 0.3) is 10.9 Å². The largest absolute Gasteiger partial charge is 0.378 e. The van der Waals surface area contributed by atoms with Crippen LogP contribution in [-0.4, -0.2) is 54.2 Å². The number of hydrogen-bond donors (Lipinski definition) is 2. The average molecular weight is 359 g/mol. The third-order valence-corrected chi connectivity index (χ3v) is 5.68. The van der Waals surface area contributed by atoms with E-state index in [2.05, 4.69) is 15.2 Å². The molecule has 2 saturated heterocycles. The van der Waals surface area contributed by atoms with Crippen molar-refractivity contribution in [2.45, 2.75) is 44.7 Å². The van der Waals surface area contributed by atoms with Crippen LogP contribution in [0, 0.1) is 12.7 Å². The van der Waals surface area contributed by atoms with Crippen LogP contribution in [0.1, 0.15) is 30.5 Å². The quantitative estimate of drug-likeness (QED) is 0.882. The van der Waals surface area contributed by atoms with Gasteiger partial charge in [-0.2, -0.15) is 0 Å². The van der Waals surface area contributed by atoms with Crippen molar-refractivity contribution in [3.63, 3.8) is 0 Å². The van der Waals surface area contributed by atoms with E-state index in [1.165, 1.54) is 31.4 Å². The Hall–Kier alpha value is -1.92. The van der Waals surface area contributed by atoms with Crippen LogP contribution < -0.4 is 5.32 Å². The Bertz CT molecular complexity index is 798. The minimum Gasteiger partial charge on any atom is -0.378 e. The number of halogens is 1. The van der Waals surface area contributed by atoms with Gasteiger partial charge in [0.15, 0.2) is 0 Å². The molecule has 0 saturated carbocycles. The molecule has 0 radical (unpaired) electrons. The highest BCUT2D eigenvalue weighted by Gasteiger charge is 2.34. The van der Waals surface area contributed by atoms with E-state index < -0.39 is 0 Å². The Morgan fingerprint density at radius 2 is 2.12 bits per heavy atom. The van der Waals surface area contributed by atoms with E-state index in [0.29, 0.717) is 13.2 Å². The molecule has 2 N–H and O–H groups in total. The van der Waals surface area contributed by atoms with Gasteiger partial charge in [0.05, 0.1) is 31.7 Å². The summed E-state index contributed by atoms with van der Waals surface area (Å²) in [6.45, 7) is 5.34. The van der Waals surface area contributed by atoms with E-state index in [0.717, 1.165) is 35.2 Å². The van der Waals surface area contributed by atoms with Crippen LogP contribution in [-0.2, 0) is 16.0 Å². The van der Waals surface area contributed by atoms with Gasteiger partial charge in [-0.05, 0) is 56.6 Å². The van der Waals surface area contributed by atoms with E-state index >= 15 is 0 Å². The Kier molecular flexibility index (Phi) is 4.96. The number of ether oxygens (including phenoxy) is 1. The molecule has 2 aliphatic rings. The fraction of sp³-hybridized carbons (Fsp3) is 0.550. The highest BCUT2D eigenvalue weighted by atomic mass is 19.1. The summed E-state index contributed by atoms with van der Waals surface area (Å²) in [5, 5.41) is 3.94. The fourth-order valence-electron chi connectivity index (χ4n) is 4.29. The molecule has 6 heteroatoms. The van der Waals surface area contributed by atoms with Gasteiger partial charge in [-0.1, -0.05) is 6.42 Å². The molecule has 0 aliphatic carbocycles. The molecule has 0 spiro atoms. The number of aryl methyl sites for hydroxylation is 1. The summed E-state index contributed by atoms with van der Waals surface area (Å²) in [5.41, 5.74) is 2.64. The summed E-state index contributed by atoms with van der Waals surface area (Å²) in [5.74, 6) is -0.316. The number of piperidine rings is 1. The Morgan fingerprint density at radius 1 is 1.31 bits per heavy atom. The lowest BCUT2D eigenvalue weighted by Gasteiger charge is -2.34. The number of amides is 1. The number of hydrogen-bond acceptors (Lipinski definition) is 3. The van der Waals surface area contributed by atoms with E-state index in [1.807, 2.05) is 6.92 Å². The van der Waals surface area contributed by atoms with Gasteiger partial charge in [-0.3, -0.25) is 9.69 Å². The molecule has 2 aromatic rings. The van der Waals surface area contributed by atoms with Gasteiger partial charge < -0.3 is 15.0 Å². The molecule has 4 rings (SSSR count). The van der Waals surface area contributed by atoms with E-state index in [4.69, 9.17) is 4.74 Å². The maximum absolute atomic E-state index is 13.6. The number of rotatable bonds is 4. The second kappa shape index (κ2) is 7.37. The molecule has 26 heavy (non-hydrogen) atoms. The third kappa shape index (κ3) is 3.48. The third-order valence-electron chi connectivity index (χ3n) is 5.68. The van der Waals surface area contributed by atoms with Gasteiger partial charge in [0.2, 0.25) is 5.91 Å². The van der Waals surface area contributed by atoms with Crippen molar-refractivity contribution in [1.29, 1.82) is 0 Å². The first-order valence-corrected chi connectivity index (χ1v) is 9.49. The van der Waals surface area contributed by atoms with Gasteiger partial charge in [0.1, 0.15) is 5.82 Å². The Morgan fingerprint density at radius 3 is 2.92 bits per heavy atom. The molecule has 1 amide bonds. The summed E-state index contributed by atoms with van der Waals surface area (Å²) in [6, 6.07) is 4.94. The van der Waals surface area contributed by atoms with Crippen LogP contribution in [0.4, 0.5) is 4.39 Å². The van der Waals surface area contributed by atoms with Crippen molar-refractivity contribution in [3.05, 3.63) is 35.3 Å². The predicted molar refractivity (Wildman–Crippen MR) is 98.7 cm³/mol. The topological polar surface area (TPSA) is 57.4 Å². The lowest BCUT2D eigenvalue weighted by atomic mass is 10.0. The Labute approximate surface area is 152 Å². The lowest BCUT2D eigenvalue weighted by molar-refractivity contribution is -0.121. The number of nitrogens with zero attached hydrogens (tertiary/aromatic N) is 1. The number of aromatic amines is 1. The van der Waals surface area contributed by atoms with Gasteiger partial charge in [0, 0.05) is 16.6 Å². The monoisotopic (exact) mass is 359 g/mol. The van der Waals surface area contributed by atoms with E-state index in [1.54, 1.807) is 6.07 Å². The first-order chi connectivity index (χ1) is 12.6. The SMILES string of the molecule is Cc1[nH]c2ccc(F)cc2c1CC(=O)N[C@H]1COC[C@@H]1N1CCCCC1. The molecule has 140 valence electrons. The smallest absolute Gasteiger partial charge is 0.224 e. The summed E-state index contributed by atoms with van der Waals surface area (Å²) >= 11 is 0. The maximum Gasteiger partial charge on any atom is 0.224 e. The summed E-state index contributed by atoms with van der Waals surface area (Å²) in [7, 11) is 0. The van der Waals surface area contributed by atoms with Crippen LogP contribution in [0.2, 0.25) is 0 Å². The first kappa shape index (κ1) is 17.5. The molecule has 2 aliphatic heterocycles. The van der Waals surface area contributed by atoms with Crippen molar-refractivity contribution in [3.8, 4) is 0 Å². The van der Waals surface area contributed by atoms with Gasteiger partial charge in [-0.15, -0.1) is 0 Å². The highest BCUT2D eigenvalue weighted by molar-refractivity contribution is 5.90. The number of benzene rings is 1. The van der Waals surface area contributed by atoms with Crippen LogP contribution >= 0.6 is 0 Å². The number of carbonyl (C=O) groups excluding carboxylic acids is 1. The molecular weight excluding hydrogens is 333 g/mol. The van der Waals surface area contributed by atoms with Crippen LogP contribution in [0.15, 0.2) is 18.2 Å². The summed E-state index contributed by atoms with van der Waals surface area (Å²) < 4.78 is 19.3. The molecule has 1 aromatic heterocycles. The van der Waals surface area contributed by atoms with Crippen molar-refractivity contribution < 1.29 is 13.9 Å². The Balaban J connectivity index is 1.45. The molecule has 0 bridgehead atoms. The van der Waals surface area contributed by atoms with Gasteiger partial charge >= 0.3 is 0 Å². The van der Waals surface area contributed by atoms with Crippen LogP contribution in [0.3, 0.4) is 0 Å². The molecule has 2 fully saturated rings. The molecule has 0 unspecified atom stereocenters. The normalized spacial score (nSPS) is 24.2. The number of carbonyl (C=O) groups is 1.